The second kappa shape index (κ2) is 7.72. The van der Waals surface area contributed by atoms with E-state index in [-0.39, 0.29) is 30.5 Å². The molecule has 0 radical (unpaired) electrons. The summed E-state index contributed by atoms with van der Waals surface area (Å²) in [4.78, 5) is 38.8. The number of piperidine rings is 1. The number of nitrogen functional groups attached to an aromatic ring is 1. The molecule has 0 aromatic carbocycles. The van der Waals surface area contributed by atoms with Crippen molar-refractivity contribution in [1.82, 2.24) is 18.8 Å². The number of anilines is 1. The van der Waals surface area contributed by atoms with Crippen LogP contribution in [0.15, 0.2) is 9.59 Å². The van der Waals surface area contributed by atoms with Gasteiger partial charge in [0.25, 0.3) is 5.56 Å². The molecular formula is C15H25N5O5S. The lowest BCUT2D eigenvalue weighted by atomic mass is 10.0. The van der Waals surface area contributed by atoms with Crippen LogP contribution in [0.3, 0.4) is 0 Å². The Balaban J connectivity index is 2.25. The molecule has 10 nitrogen and oxygen atoms in total. The van der Waals surface area contributed by atoms with E-state index in [0.717, 1.165) is 34.7 Å². The van der Waals surface area contributed by atoms with Crippen LogP contribution in [0, 0.1) is 0 Å². The summed E-state index contributed by atoms with van der Waals surface area (Å²) in [5.74, 6) is -0.643. The molecule has 11 heteroatoms. The standard InChI is InChI=1S/C15H25N5O5S/c1-18-13(16)12(14(22)19(2)15(18)23)11(21)9-20-7-5-4-6-10(20)8-17-26(3,24)25/h10,17H,4-9,16H2,1-3H3. The lowest BCUT2D eigenvalue weighted by Crippen LogP contribution is -2.49. The summed E-state index contributed by atoms with van der Waals surface area (Å²) in [6.07, 6.45) is 3.64. The van der Waals surface area contributed by atoms with E-state index in [4.69, 9.17) is 5.73 Å². The van der Waals surface area contributed by atoms with Crippen molar-refractivity contribution < 1.29 is 13.2 Å². The molecule has 1 aromatic rings. The number of aromatic nitrogens is 2. The fourth-order valence-electron chi connectivity index (χ4n) is 3.13. The van der Waals surface area contributed by atoms with Crippen molar-refractivity contribution in [3.05, 3.63) is 26.4 Å². The van der Waals surface area contributed by atoms with E-state index in [1.54, 1.807) is 0 Å². The smallest absolute Gasteiger partial charge is 0.332 e. The minimum Gasteiger partial charge on any atom is -0.384 e. The van der Waals surface area contributed by atoms with Gasteiger partial charge in [-0.1, -0.05) is 6.42 Å². The van der Waals surface area contributed by atoms with Gasteiger partial charge in [0, 0.05) is 26.7 Å². The van der Waals surface area contributed by atoms with Gasteiger partial charge in [0.15, 0.2) is 5.78 Å². The largest absolute Gasteiger partial charge is 0.384 e. The topological polar surface area (TPSA) is 136 Å². The molecule has 3 N–H and O–H groups in total. The van der Waals surface area contributed by atoms with Crippen LogP contribution in [0.5, 0.6) is 0 Å². The zero-order valence-electron chi connectivity index (χ0n) is 15.2. The van der Waals surface area contributed by atoms with Gasteiger partial charge in [-0.3, -0.25) is 23.6 Å². The van der Waals surface area contributed by atoms with Gasteiger partial charge in [-0.2, -0.15) is 0 Å². The van der Waals surface area contributed by atoms with Crippen LogP contribution in [0.25, 0.3) is 0 Å². The molecule has 1 fully saturated rings. The van der Waals surface area contributed by atoms with Gasteiger partial charge in [-0.25, -0.2) is 17.9 Å². The number of sulfonamides is 1. The lowest BCUT2D eigenvalue weighted by molar-refractivity contribution is 0.0846. The highest BCUT2D eigenvalue weighted by atomic mass is 32.2. The molecule has 2 heterocycles. The van der Waals surface area contributed by atoms with Gasteiger partial charge >= 0.3 is 5.69 Å². The number of carbonyl (C=O) groups excluding carboxylic acids is 1. The number of Topliss-reactive ketones (excluding diaryl/α,β-unsaturated/α-hetero) is 1. The Morgan fingerprint density at radius 3 is 2.50 bits per heavy atom. The van der Waals surface area contributed by atoms with E-state index in [1.165, 1.54) is 14.1 Å². The van der Waals surface area contributed by atoms with Crippen molar-refractivity contribution in [3.8, 4) is 0 Å². The monoisotopic (exact) mass is 387 g/mol. The van der Waals surface area contributed by atoms with Crippen LogP contribution in [-0.2, 0) is 24.1 Å². The summed E-state index contributed by atoms with van der Waals surface area (Å²) in [5, 5.41) is 0. The maximum atomic E-state index is 12.7. The lowest BCUT2D eigenvalue weighted by Gasteiger charge is -2.35. The molecule has 1 aliphatic heterocycles. The highest BCUT2D eigenvalue weighted by molar-refractivity contribution is 7.88. The van der Waals surface area contributed by atoms with Gasteiger partial charge in [-0.15, -0.1) is 0 Å². The Hall–Kier alpha value is -1.98. The number of carbonyl (C=O) groups is 1. The number of likely N-dealkylation sites (tertiary alicyclic amines) is 1. The Morgan fingerprint density at radius 1 is 1.23 bits per heavy atom. The average molecular weight is 387 g/mol. The predicted octanol–water partition coefficient (Wildman–Crippen LogP) is -1.75. The molecule has 1 aromatic heterocycles. The van der Waals surface area contributed by atoms with Crippen LogP contribution in [0.2, 0.25) is 0 Å². The van der Waals surface area contributed by atoms with E-state index in [9.17, 15) is 22.8 Å². The van der Waals surface area contributed by atoms with Crippen molar-refractivity contribution in [2.24, 2.45) is 14.1 Å². The maximum absolute atomic E-state index is 12.7. The van der Waals surface area contributed by atoms with Crippen LogP contribution < -0.4 is 21.7 Å². The molecule has 1 unspecified atom stereocenters. The van der Waals surface area contributed by atoms with Crippen LogP contribution in [0.4, 0.5) is 5.82 Å². The molecule has 1 saturated heterocycles. The predicted molar refractivity (Wildman–Crippen MR) is 97.7 cm³/mol. The molecule has 0 spiro atoms. The second-order valence-corrected chi connectivity index (χ2v) is 8.46. The van der Waals surface area contributed by atoms with E-state index in [2.05, 4.69) is 4.72 Å². The van der Waals surface area contributed by atoms with Crippen molar-refractivity contribution in [1.29, 1.82) is 0 Å². The van der Waals surface area contributed by atoms with E-state index >= 15 is 0 Å². The average Bonchev–Trinajstić information content (AvgIpc) is 2.57. The number of hydrogen-bond acceptors (Lipinski definition) is 7. The zero-order valence-corrected chi connectivity index (χ0v) is 16.0. The third-order valence-corrected chi connectivity index (χ3v) is 5.36. The first-order chi connectivity index (χ1) is 12.0. The Bertz CT molecular complexity index is 918. The van der Waals surface area contributed by atoms with Crippen molar-refractivity contribution >= 4 is 21.6 Å². The van der Waals surface area contributed by atoms with Gasteiger partial charge in [-0.05, 0) is 19.4 Å². The third-order valence-electron chi connectivity index (χ3n) is 4.67. The number of nitrogens with zero attached hydrogens (tertiary/aromatic N) is 3. The summed E-state index contributed by atoms with van der Waals surface area (Å²) >= 11 is 0. The van der Waals surface area contributed by atoms with Gasteiger partial charge in [0.05, 0.1) is 12.8 Å². The highest BCUT2D eigenvalue weighted by Crippen LogP contribution is 2.17. The van der Waals surface area contributed by atoms with E-state index in [1.807, 2.05) is 4.90 Å². The molecular weight excluding hydrogens is 362 g/mol. The van der Waals surface area contributed by atoms with Gasteiger partial charge in [0.1, 0.15) is 11.4 Å². The molecule has 146 valence electrons. The molecule has 26 heavy (non-hydrogen) atoms. The molecule has 1 atom stereocenters. The number of ketones is 1. The Morgan fingerprint density at radius 2 is 1.88 bits per heavy atom. The van der Waals surface area contributed by atoms with Crippen molar-refractivity contribution in [3.63, 3.8) is 0 Å². The summed E-state index contributed by atoms with van der Waals surface area (Å²) in [6.45, 7) is 0.758. The van der Waals surface area contributed by atoms with E-state index < -0.39 is 27.1 Å². The minimum absolute atomic E-state index is 0.0618. The number of rotatable bonds is 6. The first-order valence-electron chi connectivity index (χ1n) is 8.30. The quantitative estimate of drug-likeness (QED) is 0.553. The van der Waals surface area contributed by atoms with Crippen LogP contribution in [-0.4, -0.2) is 60.2 Å². The fourth-order valence-corrected chi connectivity index (χ4v) is 3.63. The SMILES string of the molecule is Cn1c(N)c(C(=O)CN2CCCCC2CNS(C)(=O)=O)c(=O)n(C)c1=O. The number of nitrogens with two attached hydrogens (primary N) is 1. The summed E-state index contributed by atoms with van der Waals surface area (Å²) < 4.78 is 27.0. The molecule has 0 saturated carbocycles. The van der Waals surface area contributed by atoms with Crippen molar-refractivity contribution in [2.75, 3.05) is 31.6 Å². The second-order valence-electron chi connectivity index (χ2n) is 6.63. The van der Waals surface area contributed by atoms with Crippen molar-refractivity contribution in [2.45, 2.75) is 25.3 Å². The summed E-state index contributed by atoms with van der Waals surface area (Å²) in [6, 6.07) is -0.139. The van der Waals surface area contributed by atoms with Crippen LogP contribution >= 0.6 is 0 Å². The normalized spacial score (nSPS) is 18.8. The highest BCUT2D eigenvalue weighted by Gasteiger charge is 2.28. The van der Waals surface area contributed by atoms with Gasteiger partial charge in [0.2, 0.25) is 10.0 Å². The molecule has 0 bridgehead atoms. The molecule has 1 aliphatic rings. The first-order valence-corrected chi connectivity index (χ1v) is 10.2. The number of nitrogens with one attached hydrogen (secondary N) is 1. The maximum Gasteiger partial charge on any atom is 0.332 e. The summed E-state index contributed by atoms with van der Waals surface area (Å²) in [7, 11) is -0.641. The van der Waals surface area contributed by atoms with E-state index in [0.29, 0.717) is 6.54 Å². The first kappa shape index (κ1) is 20.3. The number of hydrogen-bond donors (Lipinski definition) is 2. The molecule has 0 amide bonds. The fraction of sp³-hybridized carbons (Fsp3) is 0.667. The zero-order chi connectivity index (χ0) is 19.6. The Kier molecular flexibility index (Phi) is 6.04. The third kappa shape index (κ3) is 4.40. The van der Waals surface area contributed by atoms with Crippen LogP contribution in [0.1, 0.15) is 29.6 Å². The minimum atomic E-state index is -3.33. The Labute approximate surface area is 151 Å². The van der Waals surface area contributed by atoms with Gasteiger partial charge < -0.3 is 5.73 Å². The molecule has 2 rings (SSSR count). The summed E-state index contributed by atoms with van der Waals surface area (Å²) in [5.41, 5.74) is 4.29. The molecule has 0 aliphatic carbocycles.